The second-order valence-corrected chi connectivity index (χ2v) is 8.56. The number of sulfonamides is 1. The van der Waals surface area contributed by atoms with E-state index in [-0.39, 0.29) is 19.0 Å². The van der Waals surface area contributed by atoms with Crippen LogP contribution in [0.5, 0.6) is 0 Å². The van der Waals surface area contributed by atoms with Crippen LogP contribution in [0.3, 0.4) is 0 Å². The van der Waals surface area contributed by atoms with Gasteiger partial charge in [-0.05, 0) is 6.92 Å². The summed E-state index contributed by atoms with van der Waals surface area (Å²) in [6.07, 6.45) is 1.13. The first-order valence-corrected chi connectivity index (χ1v) is 9.24. The lowest BCUT2D eigenvalue weighted by molar-refractivity contribution is -0.148. The Balaban J connectivity index is 1.79. The van der Waals surface area contributed by atoms with E-state index in [1.807, 2.05) is 18.9 Å². The Morgan fingerprint density at radius 3 is 2.57 bits per heavy atom. The molecule has 2 fully saturated rings. The average molecular weight is 343 g/mol. The first-order valence-electron chi connectivity index (χ1n) is 7.39. The molecule has 2 aliphatic heterocycles. The summed E-state index contributed by atoms with van der Waals surface area (Å²) in [5, 5.41) is 13.9. The maximum absolute atomic E-state index is 11.9. The standard InChI is InChI=1S/C13H21N5O4S/c1-9-14-11(16(2)15-9)6-17-4-10-5-18(23(3,21)22)8-13(10,7-17)12(19)20/h10H,4-8H2,1-3H3,(H,19,20)/t10-,13-/m1/s1. The van der Waals surface area contributed by atoms with Gasteiger partial charge in [0, 0.05) is 39.1 Å². The lowest BCUT2D eigenvalue weighted by atomic mass is 9.81. The third-order valence-corrected chi connectivity index (χ3v) is 6.08. The number of likely N-dealkylation sites (tertiary alicyclic amines) is 1. The van der Waals surface area contributed by atoms with Crippen LogP contribution in [0, 0.1) is 18.3 Å². The molecule has 9 nitrogen and oxygen atoms in total. The highest BCUT2D eigenvalue weighted by atomic mass is 32.2. The van der Waals surface area contributed by atoms with Crippen molar-refractivity contribution in [1.82, 2.24) is 24.0 Å². The molecule has 23 heavy (non-hydrogen) atoms. The minimum Gasteiger partial charge on any atom is -0.481 e. The summed E-state index contributed by atoms with van der Waals surface area (Å²) >= 11 is 0. The van der Waals surface area contributed by atoms with Crippen LogP contribution in [0.1, 0.15) is 11.6 Å². The van der Waals surface area contributed by atoms with Crippen LogP contribution in [0.4, 0.5) is 0 Å². The average Bonchev–Trinajstić information content (AvgIpc) is 3.00. The summed E-state index contributed by atoms with van der Waals surface area (Å²) in [6.45, 7) is 3.50. The number of aryl methyl sites for hydroxylation is 2. The minimum absolute atomic E-state index is 0.0418. The van der Waals surface area contributed by atoms with E-state index in [2.05, 4.69) is 10.1 Å². The highest BCUT2D eigenvalue weighted by Gasteiger charge is 2.59. The number of aromatic nitrogens is 3. The smallest absolute Gasteiger partial charge is 0.312 e. The van der Waals surface area contributed by atoms with Gasteiger partial charge in [-0.3, -0.25) is 14.4 Å². The monoisotopic (exact) mass is 343 g/mol. The van der Waals surface area contributed by atoms with Crippen LogP contribution in [0.15, 0.2) is 0 Å². The number of fused-ring (bicyclic) bond motifs is 1. The Morgan fingerprint density at radius 1 is 1.39 bits per heavy atom. The first kappa shape index (κ1) is 16.3. The molecule has 0 aromatic carbocycles. The lowest BCUT2D eigenvalue weighted by Gasteiger charge is -2.24. The molecule has 0 unspecified atom stereocenters. The summed E-state index contributed by atoms with van der Waals surface area (Å²) in [5.41, 5.74) is -1.03. The van der Waals surface area contributed by atoms with Crippen LogP contribution < -0.4 is 0 Å². The van der Waals surface area contributed by atoms with Gasteiger partial charge in [0.15, 0.2) is 0 Å². The van der Waals surface area contributed by atoms with E-state index >= 15 is 0 Å². The summed E-state index contributed by atoms with van der Waals surface area (Å²) in [7, 11) is -1.56. The highest BCUT2D eigenvalue weighted by molar-refractivity contribution is 7.88. The summed E-state index contributed by atoms with van der Waals surface area (Å²) < 4.78 is 26.5. The van der Waals surface area contributed by atoms with E-state index in [0.717, 1.165) is 12.1 Å². The molecule has 1 N–H and O–H groups in total. The molecular formula is C13H21N5O4S. The fraction of sp³-hybridized carbons (Fsp3) is 0.769. The molecule has 2 aliphatic rings. The third kappa shape index (κ3) is 2.74. The van der Waals surface area contributed by atoms with Crippen molar-refractivity contribution < 1.29 is 18.3 Å². The number of carboxylic acids is 1. The first-order chi connectivity index (χ1) is 10.6. The van der Waals surface area contributed by atoms with E-state index in [4.69, 9.17) is 0 Å². The maximum atomic E-state index is 11.9. The fourth-order valence-corrected chi connectivity index (χ4v) is 4.61. The van der Waals surface area contributed by atoms with E-state index in [1.165, 1.54) is 4.31 Å². The second kappa shape index (κ2) is 5.25. The van der Waals surface area contributed by atoms with Crippen molar-refractivity contribution in [2.75, 3.05) is 32.4 Å². The topological polar surface area (TPSA) is 109 Å². The van der Waals surface area contributed by atoms with Gasteiger partial charge < -0.3 is 5.11 Å². The molecule has 0 spiro atoms. The van der Waals surface area contributed by atoms with E-state index < -0.39 is 21.4 Å². The lowest BCUT2D eigenvalue weighted by Crippen LogP contribution is -2.41. The van der Waals surface area contributed by atoms with Gasteiger partial charge in [-0.25, -0.2) is 17.7 Å². The molecule has 1 aromatic heterocycles. The van der Waals surface area contributed by atoms with Gasteiger partial charge in [-0.2, -0.15) is 5.10 Å². The number of rotatable bonds is 4. The molecule has 128 valence electrons. The third-order valence-electron chi connectivity index (χ3n) is 4.87. The van der Waals surface area contributed by atoms with Crippen LogP contribution in [-0.2, 0) is 28.4 Å². The van der Waals surface area contributed by atoms with E-state index in [1.54, 1.807) is 4.68 Å². The van der Waals surface area contributed by atoms with Crippen molar-refractivity contribution >= 4 is 16.0 Å². The molecule has 0 radical (unpaired) electrons. The van der Waals surface area contributed by atoms with Crippen LogP contribution in [0.25, 0.3) is 0 Å². The number of carbonyl (C=O) groups is 1. The van der Waals surface area contributed by atoms with Gasteiger partial charge in [-0.15, -0.1) is 0 Å². The molecule has 0 saturated carbocycles. The van der Waals surface area contributed by atoms with E-state index in [9.17, 15) is 18.3 Å². The summed E-state index contributed by atoms with van der Waals surface area (Å²) in [6, 6.07) is 0. The number of hydrogen-bond acceptors (Lipinski definition) is 6. The predicted molar refractivity (Wildman–Crippen MR) is 81.0 cm³/mol. The molecule has 0 amide bonds. The minimum atomic E-state index is -3.37. The molecule has 0 aliphatic carbocycles. The van der Waals surface area contributed by atoms with Crippen molar-refractivity contribution in [3.05, 3.63) is 11.6 Å². The van der Waals surface area contributed by atoms with Gasteiger partial charge in [-0.1, -0.05) is 0 Å². The molecule has 2 saturated heterocycles. The molecular weight excluding hydrogens is 322 g/mol. The number of carboxylic acid groups (broad SMARTS) is 1. The molecule has 10 heteroatoms. The zero-order valence-corrected chi connectivity index (χ0v) is 14.2. The number of nitrogens with zero attached hydrogens (tertiary/aromatic N) is 5. The SMILES string of the molecule is Cc1nc(CN2C[C@@H]3CN(S(C)(=O)=O)C[C@]3(C(=O)O)C2)n(C)n1. The van der Waals surface area contributed by atoms with Crippen molar-refractivity contribution in [2.24, 2.45) is 18.4 Å². The maximum Gasteiger partial charge on any atom is 0.312 e. The van der Waals surface area contributed by atoms with Crippen LogP contribution >= 0.6 is 0 Å². The fourth-order valence-electron chi connectivity index (χ4n) is 3.69. The molecule has 3 rings (SSSR count). The van der Waals surface area contributed by atoms with Gasteiger partial charge in [0.2, 0.25) is 10.0 Å². The Morgan fingerprint density at radius 2 is 2.09 bits per heavy atom. The molecule has 1 aromatic rings. The predicted octanol–water partition coefficient (Wildman–Crippen LogP) is -1.10. The Kier molecular flexibility index (Phi) is 3.73. The van der Waals surface area contributed by atoms with E-state index in [0.29, 0.717) is 25.5 Å². The largest absolute Gasteiger partial charge is 0.481 e. The van der Waals surface area contributed by atoms with Gasteiger partial charge in [0.25, 0.3) is 0 Å². The van der Waals surface area contributed by atoms with Crippen molar-refractivity contribution in [2.45, 2.75) is 13.5 Å². The highest BCUT2D eigenvalue weighted by Crippen LogP contribution is 2.43. The molecule has 3 heterocycles. The van der Waals surface area contributed by atoms with Crippen molar-refractivity contribution in [1.29, 1.82) is 0 Å². The molecule has 0 bridgehead atoms. The number of aliphatic carboxylic acids is 1. The zero-order chi connectivity index (χ0) is 17.0. The van der Waals surface area contributed by atoms with Crippen LogP contribution in [-0.4, -0.2) is 75.9 Å². The van der Waals surface area contributed by atoms with Gasteiger partial charge in [0.1, 0.15) is 11.6 Å². The Hall–Kier alpha value is -1.52. The Labute approximate surface area is 134 Å². The molecule has 2 atom stereocenters. The van der Waals surface area contributed by atoms with Gasteiger partial charge >= 0.3 is 5.97 Å². The summed E-state index contributed by atoms with van der Waals surface area (Å²) in [4.78, 5) is 18.2. The Bertz CT molecular complexity index is 746. The quantitative estimate of drug-likeness (QED) is 0.739. The zero-order valence-electron chi connectivity index (χ0n) is 13.4. The normalized spacial score (nSPS) is 29.1. The van der Waals surface area contributed by atoms with Crippen LogP contribution in [0.2, 0.25) is 0 Å². The van der Waals surface area contributed by atoms with Crippen molar-refractivity contribution in [3.63, 3.8) is 0 Å². The van der Waals surface area contributed by atoms with Gasteiger partial charge in [0.05, 0.1) is 18.2 Å². The number of hydrogen-bond donors (Lipinski definition) is 1. The second-order valence-electron chi connectivity index (χ2n) is 6.58. The summed E-state index contributed by atoms with van der Waals surface area (Å²) in [5.74, 6) is 0.329. The van der Waals surface area contributed by atoms with Crippen molar-refractivity contribution in [3.8, 4) is 0 Å².